The highest BCUT2D eigenvalue weighted by Gasteiger charge is 2.58. The first-order valence-corrected chi connectivity index (χ1v) is 30.1. The highest BCUT2D eigenvalue weighted by molar-refractivity contribution is 7.30. The van der Waals surface area contributed by atoms with Crippen molar-refractivity contribution < 1.29 is 0 Å². The molecular formula is C77H61BN2S. The molecule has 6 aliphatic rings. The van der Waals surface area contributed by atoms with E-state index >= 15 is 0 Å². The molecule has 4 heteroatoms. The van der Waals surface area contributed by atoms with E-state index in [-0.39, 0.29) is 12.1 Å². The third-order valence-electron chi connectivity index (χ3n) is 19.6. The van der Waals surface area contributed by atoms with E-state index in [9.17, 15) is 0 Å². The Bertz CT molecular complexity index is 4450. The Morgan fingerprint density at radius 3 is 1.41 bits per heavy atom. The molecule has 2 aliphatic heterocycles. The van der Waals surface area contributed by atoms with Gasteiger partial charge >= 0.3 is 0 Å². The number of rotatable bonds is 4. The second kappa shape index (κ2) is 16.4. The fourth-order valence-electron chi connectivity index (χ4n) is 16.1. The number of thiophene rings is 1. The average molecular weight is 1060 g/mol. The highest BCUT2D eigenvalue weighted by Crippen LogP contribution is 2.68. The van der Waals surface area contributed by atoms with Gasteiger partial charge in [0.25, 0.3) is 6.71 Å². The average Bonchev–Trinajstić information content (AvgIpc) is 3.94. The topological polar surface area (TPSA) is 6.48 Å². The summed E-state index contributed by atoms with van der Waals surface area (Å²) in [5.41, 5.74) is 34.8. The quantitative estimate of drug-likeness (QED) is 0.162. The Labute approximate surface area is 481 Å². The Morgan fingerprint density at radius 1 is 0.420 bits per heavy atom. The van der Waals surface area contributed by atoms with Crippen LogP contribution in [0.5, 0.6) is 0 Å². The van der Waals surface area contributed by atoms with Crippen LogP contribution in [0.15, 0.2) is 212 Å². The van der Waals surface area contributed by atoms with Crippen LogP contribution in [0.2, 0.25) is 0 Å². The molecule has 81 heavy (non-hydrogen) atoms. The molecule has 0 fully saturated rings. The summed E-state index contributed by atoms with van der Waals surface area (Å²) in [7, 11) is 0. The molecule has 0 atom stereocenters. The lowest BCUT2D eigenvalue weighted by molar-refractivity contribution is 0.590. The van der Waals surface area contributed by atoms with Crippen LogP contribution < -0.4 is 25.5 Å². The summed E-state index contributed by atoms with van der Waals surface area (Å²) in [5.74, 6) is 0.787. The molecule has 11 aromatic rings. The summed E-state index contributed by atoms with van der Waals surface area (Å²) in [6.45, 7) is 18.5. The van der Waals surface area contributed by atoms with Crippen molar-refractivity contribution in [2.24, 2.45) is 0 Å². The zero-order valence-electron chi connectivity index (χ0n) is 47.2. The molecule has 2 nitrogen and oxygen atoms in total. The molecular weight excluding hydrogens is 996 g/mol. The normalized spacial score (nSPS) is 15.3. The Morgan fingerprint density at radius 2 is 0.877 bits per heavy atom. The maximum atomic E-state index is 2.72. The van der Waals surface area contributed by atoms with E-state index in [1.807, 2.05) is 0 Å². The third-order valence-corrected chi connectivity index (χ3v) is 21.0. The van der Waals surface area contributed by atoms with Crippen LogP contribution in [0.3, 0.4) is 0 Å². The van der Waals surface area contributed by atoms with Crippen LogP contribution in [-0.4, -0.2) is 6.71 Å². The first-order valence-electron chi connectivity index (χ1n) is 29.3. The Kier molecular flexibility index (Phi) is 9.57. The van der Waals surface area contributed by atoms with Crippen LogP contribution >= 0.6 is 11.3 Å². The van der Waals surface area contributed by atoms with Gasteiger partial charge in [0.15, 0.2) is 0 Å². The number of hydrogen-bond donors (Lipinski definition) is 0. The van der Waals surface area contributed by atoms with Gasteiger partial charge in [-0.15, -0.1) is 11.3 Å². The monoisotopic (exact) mass is 1060 g/mol. The largest absolute Gasteiger partial charge is 0.311 e. The fraction of sp³-hybridized carbons (Fsp3) is 0.169. The molecule has 0 saturated heterocycles. The standard InChI is InChI=1S/C77H61BN2S/c1-44(2)47-29-34-50(35-30-47)79-67-42-58-56-23-13-16-26-61(56)76(59-24-14-9-19-52(59)53-20-10-15-25-60(53)76)65(58)43-66(67)78-71-68(79)39-46(5)40-69(71)80(51-36-32-49(33-37-51)75(6,7)8)72-70-57-38-31-48(45(3)4)41-64(57)77(73(70)81-74(72)78)62-27-17-11-21-54(62)55-22-12-18-28-63(55)77/h9-45H,1-8H3. The molecule has 0 saturated carbocycles. The number of benzene rings is 10. The van der Waals surface area contributed by atoms with Crippen molar-refractivity contribution in [3.8, 4) is 44.5 Å². The summed E-state index contributed by atoms with van der Waals surface area (Å²) >= 11 is 2.09. The Hall–Kier alpha value is -8.44. The molecule has 0 bridgehead atoms. The summed E-state index contributed by atoms with van der Waals surface area (Å²) in [6.07, 6.45) is 0. The number of fused-ring (bicyclic) bond motifs is 25. The van der Waals surface area contributed by atoms with E-state index in [4.69, 9.17) is 0 Å². The van der Waals surface area contributed by atoms with Gasteiger partial charge in [0.05, 0.1) is 16.5 Å². The molecule has 0 radical (unpaired) electrons. The number of nitrogens with zero attached hydrogens (tertiary/aromatic N) is 2. The van der Waals surface area contributed by atoms with Crippen LogP contribution in [-0.2, 0) is 16.2 Å². The van der Waals surface area contributed by atoms with Crippen LogP contribution in [0.25, 0.3) is 44.5 Å². The minimum Gasteiger partial charge on any atom is -0.311 e. The minimum atomic E-state index is -0.514. The zero-order valence-corrected chi connectivity index (χ0v) is 48.1. The van der Waals surface area contributed by atoms with Crippen molar-refractivity contribution in [3.63, 3.8) is 0 Å². The maximum Gasteiger partial charge on any atom is 0.264 e. The second-order valence-electron chi connectivity index (χ2n) is 25.5. The molecule has 0 N–H and O–H groups in total. The zero-order chi connectivity index (χ0) is 54.6. The van der Waals surface area contributed by atoms with E-state index < -0.39 is 10.8 Å². The molecule has 1 aromatic heterocycles. The van der Waals surface area contributed by atoms with Crippen LogP contribution in [0, 0.1) is 6.92 Å². The molecule has 0 amide bonds. The van der Waals surface area contributed by atoms with E-state index in [0.29, 0.717) is 11.8 Å². The first kappa shape index (κ1) is 47.4. The van der Waals surface area contributed by atoms with E-state index in [1.165, 1.54) is 160 Å². The first-order chi connectivity index (χ1) is 39.4. The maximum absolute atomic E-state index is 2.72. The van der Waals surface area contributed by atoms with Gasteiger partial charge in [-0.05, 0) is 178 Å². The van der Waals surface area contributed by atoms with Crippen LogP contribution in [0.1, 0.15) is 126 Å². The lowest BCUT2D eigenvalue weighted by Gasteiger charge is -2.44. The van der Waals surface area contributed by atoms with Gasteiger partial charge in [-0.1, -0.05) is 218 Å². The lowest BCUT2D eigenvalue weighted by atomic mass is 9.35. The van der Waals surface area contributed by atoms with Gasteiger partial charge in [0, 0.05) is 43.7 Å². The predicted molar refractivity (Wildman–Crippen MR) is 343 cm³/mol. The third kappa shape index (κ3) is 5.93. The van der Waals surface area contributed by atoms with Crippen molar-refractivity contribution in [2.75, 3.05) is 9.80 Å². The van der Waals surface area contributed by atoms with Gasteiger partial charge in [-0.2, -0.15) is 0 Å². The smallest absolute Gasteiger partial charge is 0.264 e. The van der Waals surface area contributed by atoms with Gasteiger partial charge < -0.3 is 9.80 Å². The molecule has 0 unspecified atom stereocenters. The van der Waals surface area contributed by atoms with Gasteiger partial charge in [-0.25, -0.2) is 0 Å². The number of anilines is 6. The minimum absolute atomic E-state index is 0.00152. The summed E-state index contributed by atoms with van der Waals surface area (Å²) in [6, 6.07) is 83.6. The van der Waals surface area contributed by atoms with Gasteiger partial charge in [0.2, 0.25) is 0 Å². The Balaban J connectivity index is 1.03. The van der Waals surface area contributed by atoms with Crippen molar-refractivity contribution in [3.05, 3.63) is 278 Å². The predicted octanol–water partition coefficient (Wildman–Crippen LogP) is 18.4. The molecule has 2 spiro atoms. The van der Waals surface area contributed by atoms with Crippen molar-refractivity contribution in [1.82, 2.24) is 0 Å². The van der Waals surface area contributed by atoms with E-state index in [0.717, 1.165) is 0 Å². The number of hydrogen-bond acceptors (Lipinski definition) is 3. The summed E-state index contributed by atoms with van der Waals surface area (Å²) in [5, 5.41) is 0. The number of aryl methyl sites for hydroxylation is 1. The summed E-state index contributed by atoms with van der Waals surface area (Å²) < 4.78 is 1.41. The van der Waals surface area contributed by atoms with Gasteiger partial charge in [0.1, 0.15) is 0 Å². The SMILES string of the molecule is Cc1cc2c3c(c1)N(c1ccc(C(C)(C)C)cc1)c1c(sc4c1-c1ccc(C(C)C)cc1C41c4ccccc4-c4ccccc41)B3c1cc3c(cc1N2c1ccc(C(C)C)cc1)-c1ccccc1C31c2ccccc2-c2ccccc21. The second-order valence-corrected chi connectivity index (χ2v) is 26.6. The highest BCUT2D eigenvalue weighted by atomic mass is 32.1. The lowest BCUT2D eigenvalue weighted by Crippen LogP contribution is -2.60. The fourth-order valence-corrected chi connectivity index (χ4v) is 17.7. The molecule has 388 valence electrons. The van der Waals surface area contributed by atoms with Crippen molar-refractivity contribution in [2.45, 2.75) is 83.5 Å². The molecule has 17 rings (SSSR count). The van der Waals surface area contributed by atoms with E-state index in [1.54, 1.807) is 0 Å². The van der Waals surface area contributed by atoms with Crippen molar-refractivity contribution in [1.29, 1.82) is 0 Å². The molecule has 10 aromatic carbocycles. The van der Waals surface area contributed by atoms with E-state index in [2.05, 4.69) is 289 Å². The van der Waals surface area contributed by atoms with Gasteiger partial charge in [-0.3, -0.25) is 0 Å². The molecule has 3 heterocycles. The molecule has 4 aliphatic carbocycles. The van der Waals surface area contributed by atoms with Crippen LogP contribution in [0.4, 0.5) is 34.1 Å². The summed E-state index contributed by atoms with van der Waals surface area (Å²) in [4.78, 5) is 6.79. The van der Waals surface area contributed by atoms with Crippen molar-refractivity contribution >= 4 is 67.9 Å².